The molecule has 1 rings (SSSR count). The van der Waals surface area contributed by atoms with Crippen molar-refractivity contribution in [3.05, 3.63) is 23.8 Å². The van der Waals surface area contributed by atoms with Gasteiger partial charge in [-0.05, 0) is 24.9 Å². The first kappa shape index (κ1) is 16.8. The second-order valence-corrected chi connectivity index (χ2v) is 4.88. The van der Waals surface area contributed by atoms with Crippen LogP contribution in [0, 0.1) is 5.92 Å². The molecule has 0 aliphatic rings. The van der Waals surface area contributed by atoms with E-state index in [4.69, 9.17) is 14.2 Å². The van der Waals surface area contributed by atoms with Crippen LogP contribution in [0.1, 0.15) is 31.9 Å². The third-order valence-electron chi connectivity index (χ3n) is 3.54. The molecule has 0 heterocycles. The molecule has 1 N–H and O–H groups in total. The van der Waals surface area contributed by atoms with Gasteiger partial charge >= 0.3 is 0 Å². The average Bonchev–Trinajstić information content (AvgIpc) is 2.49. The molecule has 0 aliphatic carbocycles. The van der Waals surface area contributed by atoms with Crippen molar-refractivity contribution in [1.29, 1.82) is 0 Å². The number of nitrogens with one attached hydrogen (secondary N) is 1. The molecule has 0 spiro atoms. The van der Waals surface area contributed by atoms with Crippen molar-refractivity contribution in [3.8, 4) is 11.5 Å². The quantitative estimate of drug-likeness (QED) is 0.755. The van der Waals surface area contributed by atoms with Gasteiger partial charge in [0.05, 0.1) is 14.2 Å². The van der Waals surface area contributed by atoms with Gasteiger partial charge in [0.1, 0.15) is 0 Å². The van der Waals surface area contributed by atoms with Gasteiger partial charge in [-0.15, -0.1) is 0 Å². The maximum atomic E-state index is 5.55. The predicted molar refractivity (Wildman–Crippen MR) is 81.6 cm³/mol. The summed E-state index contributed by atoms with van der Waals surface area (Å²) in [6, 6.07) is 6.24. The van der Waals surface area contributed by atoms with Crippen molar-refractivity contribution in [2.24, 2.45) is 5.92 Å². The van der Waals surface area contributed by atoms with E-state index in [9.17, 15) is 0 Å². The highest BCUT2D eigenvalue weighted by molar-refractivity contribution is 5.48. The fraction of sp³-hybridized carbons (Fsp3) is 0.625. The Morgan fingerprint density at radius 2 is 1.90 bits per heavy atom. The minimum Gasteiger partial charge on any atom is -0.493 e. The van der Waals surface area contributed by atoms with Crippen LogP contribution in [0.4, 0.5) is 0 Å². The molecular weight excluding hydrogens is 254 g/mol. The summed E-state index contributed by atoms with van der Waals surface area (Å²) in [4.78, 5) is 0. The van der Waals surface area contributed by atoms with Gasteiger partial charge in [0.25, 0.3) is 0 Å². The lowest BCUT2D eigenvalue weighted by Crippen LogP contribution is -2.28. The molecule has 1 aromatic rings. The first-order valence-corrected chi connectivity index (χ1v) is 7.12. The van der Waals surface area contributed by atoms with Gasteiger partial charge in [-0.2, -0.15) is 0 Å². The van der Waals surface area contributed by atoms with Gasteiger partial charge in [0, 0.05) is 25.3 Å². The van der Waals surface area contributed by atoms with Crippen molar-refractivity contribution >= 4 is 0 Å². The highest BCUT2D eigenvalue weighted by Gasteiger charge is 2.23. The Kier molecular flexibility index (Phi) is 7.41. The van der Waals surface area contributed by atoms with E-state index in [0.29, 0.717) is 5.92 Å². The van der Waals surface area contributed by atoms with Gasteiger partial charge in [-0.25, -0.2) is 0 Å². The van der Waals surface area contributed by atoms with Gasteiger partial charge in [-0.3, -0.25) is 0 Å². The van der Waals surface area contributed by atoms with E-state index in [-0.39, 0.29) is 6.04 Å². The third-order valence-corrected chi connectivity index (χ3v) is 3.54. The summed E-state index contributed by atoms with van der Waals surface area (Å²) in [6.07, 6.45) is 0.995. The zero-order chi connectivity index (χ0) is 15.0. The molecule has 114 valence electrons. The summed E-state index contributed by atoms with van der Waals surface area (Å²) in [5.41, 5.74) is 1.14. The van der Waals surface area contributed by atoms with Crippen molar-refractivity contribution in [3.63, 3.8) is 0 Å². The number of benzene rings is 1. The molecule has 0 saturated carbocycles. The Morgan fingerprint density at radius 1 is 1.15 bits per heavy atom. The first-order valence-electron chi connectivity index (χ1n) is 7.12. The van der Waals surface area contributed by atoms with Gasteiger partial charge < -0.3 is 19.5 Å². The zero-order valence-corrected chi connectivity index (χ0v) is 13.2. The second-order valence-electron chi connectivity index (χ2n) is 4.88. The molecule has 0 amide bonds. The third kappa shape index (κ3) is 4.12. The predicted octanol–water partition coefficient (Wildman–Crippen LogP) is 3.03. The van der Waals surface area contributed by atoms with Crippen LogP contribution in [0.25, 0.3) is 0 Å². The number of hydrogen-bond donors (Lipinski definition) is 1. The number of ether oxygens (including phenoxy) is 3. The standard InChI is InChI=1S/C16H27NO3/c1-6-17-15(12(2)10-11-18-3)13-8-7-9-14(19-4)16(13)20-5/h7-9,12,15,17H,6,10-11H2,1-5H3. The van der Waals surface area contributed by atoms with Crippen LogP contribution in [0.15, 0.2) is 18.2 Å². The smallest absolute Gasteiger partial charge is 0.165 e. The molecule has 0 bridgehead atoms. The van der Waals surface area contributed by atoms with E-state index in [1.807, 2.05) is 12.1 Å². The maximum Gasteiger partial charge on any atom is 0.165 e. The van der Waals surface area contributed by atoms with Gasteiger partial charge in [-0.1, -0.05) is 26.0 Å². The van der Waals surface area contributed by atoms with E-state index >= 15 is 0 Å². The molecule has 4 heteroatoms. The van der Waals surface area contributed by atoms with E-state index in [0.717, 1.165) is 36.6 Å². The van der Waals surface area contributed by atoms with Crippen molar-refractivity contribution in [2.75, 3.05) is 34.5 Å². The van der Waals surface area contributed by atoms with Crippen LogP contribution in [0.3, 0.4) is 0 Å². The molecule has 0 saturated heterocycles. The molecule has 2 unspecified atom stereocenters. The summed E-state index contributed by atoms with van der Waals surface area (Å²) < 4.78 is 16.1. The summed E-state index contributed by atoms with van der Waals surface area (Å²) in [5, 5.41) is 3.54. The van der Waals surface area contributed by atoms with E-state index in [2.05, 4.69) is 25.2 Å². The minimum absolute atomic E-state index is 0.222. The van der Waals surface area contributed by atoms with E-state index in [1.54, 1.807) is 21.3 Å². The van der Waals surface area contributed by atoms with Crippen molar-refractivity contribution in [1.82, 2.24) is 5.32 Å². The van der Waals surface area contributed by atoms with Crippen LogP contribution in [-0.2, 0) is 4.74 Å². The second kappa shape index (κ2) is 8.82. The fourth-order valence-corrected chi connectivity index (χ4v) is 2.46. The minimum atomic E-state index is 0.222. The monoisotopic (exact) mass is 281 g/mol. The van der Waals surface area contributed by atoms with Crippen LogP contribution in [0.2, 0.25) is 0 Å². The van der Waals surface area contributed by atoms with E-state index < -0.39 is 0 Å². The Labute approximate surface area is 122 Å². The Morgan fingerprint density at radius 3 is 2.45 bits per heavy atom. The van der Waals surface area contributed by atoms with Crippen molar-refractivity contribution < 1.29 is 14.2 Å². The SMILES string of the molecule is CCNC(c1cccc(OC)c1OC)C(C)CCOC. The average molecular weight is 281 g/mol. The molecule has 1 aromatic carbocycles. The first-order chi connectivity index (χ1) is 9.69. The van der Waals surface area contributed by atoms with E-state index in [1.165, 1.54) is 0 Å². The van der Waals surface area contributed by atoms with Crippen LogP contribution < -0.4 is 14.8 Å². The summed E-state index contributed by atoms with van der Waals surface area (Å²) in [5.74, 6) is 2.02. The largest absolute Gasteiger partial charge is 0.493 e. The molecule has 0 aromatic heterocycles. The van der Waals surface area contributed by atoms with Gasteiger partial charge in [0.15, 0.2) is 11.5 Å². The molecule has 2 atom stereocenters. The Hall–Kier alpha value is -1.26. The number of para-hydroxylation sites is 1. The highest BCUT2D eigenvalue weighted by atomic mass is 16.5. The van der Waals surface area contributed by atoms with Gasteiger partial charge in [0.2, 0.25) is 0 Å². The maximum absolute atomic E-state index is 5.55. The van der Waals surface area contributed by atoms with Crippen LogP contribution in [0.5, 0.6) is 11.5 Å². The normalized spacial score (nSPS) is 13.8. The summed E-state index contributed by atoms with van der Waals surface area (Å²) >= 11 is 0. The van der Waals surface area contributed by atoms with Crippen molar-refractivity contribution in [2.45, 2.75) is 26.3 Å². The number of hydrogen-bond acceptors (Lipinski definition) is 4. The lowest BCUT2D eigenvalue weighted by atomic mass is 9.91. The molecule has 20 heavy (non-hydrogen) atoms. The Bertz CT molecular complexity index is 395. The molecule has 0 aliphatic heterocycles. The fourth-order valence-electron chi connectivity index (χ4n) is 2.46. The van der Waals surface area contributed by atoms with Crippen LogP contribution in [-0.4, -0.2) is 34.5 Å². The topological polar surface area (TPSA) is 39.7 Å². The number of rotatable bonds is 9. The lowest BCUT2D eigenvalue weighted by Gasteiger charge is -2.27. The summed E-state index contributed by atoms with van der Waals surface area (Å²) in [6.45, 7) is 6.01. The molecule has 4 nitrogen and oxygen atoms in total. The Balaban J connectivity index is 3.07. The zero-order valence-electron chi connectivity index (χ0n) is 13.2. The molecule has 0 radical (unpaired) electrons. The summed E-state index contributed by atoms with van der Waals surface area (Å²) in [7, 11) is 5.09. The number of methoxy groups -OCH3 is 3. The molecule has 0 fully saturated rings. The lowest BCUT2D eigenvalue weighted by molar-refractivity contribution is 0.170. The highest BCUT2D eigenvalue weighted by Crippen LogP contribution is 2.37. The molecular formula is C16H27NO3. The van der Waals surface area contributed by atoms with Crippen LogP contribution >= 0.6 is 0 Å².